The van der Waals surface area contributed by atoms with Crippen LogP contribution in [0.4, 0.5) is 10.3 Å². The molecule has 0 saturated heterocycles. The number of carbonyl (C=O) groups is 1. The average molecular weight is 413 g/mol. The molecule has 1 aliphatic carbocycles. The first-order valence-corrected chi connectivity index (χ1v) is 9.43. The first-order chi connectivity index (χ1) is 14.0. The van der Waals surface area contributed by atoms with Gasteiger partial charge in [-0.3, -0.25) is 9.78 Å². The van der Waals surface area contributed by atoms with Crippen LogP contribution in [0.5, 0.6) is 0 Å². The Morgan fingerprint density at radius 2 is 2.07 bits per heavy atom. The number of nitrogens with two attached hydrogens (primary N) is 1. The lowest BCUT2D eigenvalue weighted by Crippen LogP contribution is -2.48. The van der Waals surface area contributed by atoms with Gasteiger partial charge in [0.15, 0.2) is 0 Å². The summed E-state index contributed by atoms with van der Waals surface area (Å²) in [7, 11) is 0. The van der Waals surface area contributed by atoms with Crippen LogP contribution in [-0.2, 0) is 5.41 Å². The molecule has 0 radical (unpaired) electrons. The van der Waals surface area contributed by atoms with Gasteiger partial charge in [-0.25, -0.2) is 9.37 Å². The predicted molar refractivity (Wildman–Crippen MR) is 107 cm³/mol. The molecule has 0 atom stereocenters. The van der Waals surface area contributed by atoms with Gasteiger partial charge < -0.3 is 11.1 Å². The Kier molecular flexibility index (Phi) is 5.10. The van der Waals surface area contributed by atoms with Crippen LogP contribution in [0.3, 0.4) is 0 Å². The fraction of sp³-hybridized carbons (Fsp3) is 0.250. The summed E-state index contributed by atoms with van der Waals surface area (Å²) in [6.45, 7) is 0.391. The molecular weight excluding hydrogens is 395 g/mol. The summed E-state index contributed by atoms with van der Waals surface area (Å²) in [6, 6.07) is 10.3. The van der Waals surface area contributed by atoms with E-state index in [0.717, 1.165) is 0 Å². The van der Waals surface area contributed by atoms with Gasteiger partial charge in [-0.05, 0) is 37.1 Å². The van der Waals surface area contributed by atoms with Crippen LogP contribution in [0.15, 0.2) is 48.8 Å². The summed E-state index contributed by atoms with van der Waals surface area (Å²) < 4.78 is 13.7. The van der Waals surface area contributed by atoms with Gasteiger partial charge in [0.2, 0.25) is 11.9 Å². The Morgan fingerprint density at radius 3 is 2.72 bits per heavy atom. The fourth-order valence-electron chi connectivity index (χ4n) is 3.55. The van der Waals surface area contributed by atoms with Crippen molar-refractivity contribution in [1.29, 1.82) is 0 Å². The summed E-state index contributed by atoms with van der Waals surface area (Å²) in [5.41, 5.74) is 7.06. The Labute approximate surface area is 171 Å². The SMILES string of the molecule is NC(=O)c1cccc(-c2cnc(NC[C@]3(c4ncccc4Cl)C[C@H](F)C3)nn2)c1. The second kappa shape index (κ2) is 7.71. The molecule has 3 aromatic rings. The van der Waals surface area contributed by atoms with E-state index in [1.54, 1.807) is 48.8 Å². The molecule has 29 heavy (non-hydrogen) atoms. The fourth-order valence-corrected chi connectivity index (χ4v) is 3.88. The van der Waals surface area contributed by atoms with Crippen LogP contribution in [-0.4, -0.2) is 38.8 Å². The second-order valence-electron chi connectivity index (χ2n) is 7.09. The van der Waals surface area contributed by atoms with E-state index in [1.165, 1.54) is 0 Å². The Hall–Kier alpha value is -3.13. The number of alkyl halides is 1. The van der Waals surface area contributed by atoms with Crippen LogP contribution < -0.4 is 11.1 Å². The van der Waals surface area contributed by atoms with Crippen LogP contribution in [0.1, 0.15) is 28.9 Å². The minimum atomic E-state index is -0.881. The highest BCUT2D eigenvalue weighted by Gasteiger charge is 2.48. The highest BCUT2D eigenvalue weighted by Crippen LogP contribution is 2.46. The lowest BCUT2D eigenvalue weighted by Gasteiger charge is -2.44. The molecule has 1 amide bonds. The molecule has 7 nitrogen and oxygen atoms in total. The Bertz CT molecular complexity index is 1040. The maximum absolute atomic E-state index is 13.7. The zero-order chi connectivity index (χ0) is 20.4. The summed E-state index contributed by atoms with van der Waals surface area (Å²) in [5, 5.41) is 11.9. The molecule has 0 unspecified atom stereocenters. The second-order valence-corrected chi connectivity index (χ2v) is 7.49. The summed E-state index contributed by atoms with van der Waals surface area (Å²) in [4.78, 5) is 20.0. The third kappa shape index (κ3) is 3.88. The number of pyridine rings is 1. The molecular formula is C20H18ClFN6O. The van der Waals surface area contributed by atoms with Crippen molar-refractivity contribution in [1.82, 2.24) is 20.2 Å². The molecule has 1 saturated carbocycles. The molecule has 0 bridgehead atoms. The van der Waals surface area contributed by atoms with Gasteiger partial charge >= 0.3 is 0 Å². The number of nitrogens with zero attached hydrogens (tertiary/aromatic N) is 4. The molecule has 2 aromatic heterocycles. The lowest BCUT2D eigenvalue weighted by molar-refractivity contribution is 0.0993. The molecule has 3 N–H and O–H groups in total. The van der Waals surface area contributed by atoms with E-state index in [-0.39, 0.29) is 0 Å². The molecule has 9 heteroatoms. The zero-order valence-corrected chi connectivity index (χ0v) is 16.1. The van der Waals surface area contributed by atoms with E-state index in [0.29, 0.717) is 52.9 Å². The van der Waals surface area contributed by atoms with Gasteiger partial charge in [-0.15, -0.1) is 10.2 Å². The standard InChI is InChI=1S/C20H18ClFN6O/c21-15-5-2-6-24-17(15)20(8-14(22)9-20)11-26-19-25-10-16(27-28-19)12-3-1-4-13(7-12)18(23)29/h1-7,10,14H,8-9,11H2,(H2,23,29)(H,25,26,28)/t14-,20-. The number of amides is 1. The number of carbonyl (C=O) groups excluding carboxylic acids is 1. The van der Waals surface area contributed by atoms with Gasteiger partial charge in [0.1, 0.15) is 11.9 Å². The average Bonchev–Trinajstić information content (AvgIpc) is 2.71. The first-order valence-electron chi connectivity index (χ1n) is 9.06. The maximum atomic E-state index is 13.7. The van der Waals surface area contributed by atoms with Crippen LogP contribution in [0, 0.1) is 0 Å². The molecule has 0 spiro atoms. The van der Waals surface area contributed by atoms with Gasteiger partial charge in [0.25, 0.3) is 0 Å². The third-order valence-electron chi connectivity index (χ3n) is 5.07. The highest BCUT2D eigenvalue weighted by molar-refractivity contribution is 6.31. The molecule has 1 aliphatic rings. The van der Waals surface area contributed by atoms with Gasteiger partial charge in [0.05, 0.1) is 16.9 Å². The van der Waals surface area contributed by atoms with E-state index in [4.69, 9.17) is 17.3 Å². The summed E-state index contributed by atoms with van der Waals surface area (Å²) in [6.07, 6.45) is 2.99. The lowest BCUT2D eigenvalue weighted by atomic mass is 9.65. The van der Waals surface area contributed by atoms with E-state index in [9.17, 15) is 9.18 Å². The Morgan fingerprint density at radius 1 is 1.24 bits per heavy atom. The van der Waals surface area contributed by atoms with Crippen molar-refractivity contribution in [3.8, 4) is 11.3 Å². The quantitative estimate of drug-likeness (QED) is 0.644. The summed E-state index contributed by atoms with van der Waals surface area (Å²) >= 11 is 6.29. The van der Waals surface area contributed by atoms with Crippen molar-refractivity contribution in [2.45, 2.75) is 24.4 Å². The van der Waals surface area contributed by atoms with E-state index in [2.05, 4.69) is 25.5 Å². The van der Waals surface area contributed by atoms with Crippen LogP contribution in [0.25, 0.3) is 11.3 Å². The van der Waals surface area contributed by atoms with Gasteiger partial charge in [-0.1, -0.05) is 23.7 Å². The predicted octanol–water partition coefficient (Wildman–Crippen LogP) is 3.17. The van der Waals surface area contributed by atoms with Crippen molar-refractivity contribution >= 4 is 23.5 Å². The number of halogens is 2. The number of rotatable bonds is 6. The van der Waals surface area contributed by atoms with Crippen molar-refractivity contribution in [3.63, 3.8) is 0 Å². The van der Waals surface area contributed by atoms with Crippen molar-refractivity contribution in [3.05, 3.63) is 65.1 Å². The number of hydrogen-bond donors (Lipinski definition) is 2. The first kappa shape index (κ1) is 19.2. The number of benzene rings is 1. The number of hydrogen-bond acceptors (Lipinski definition) is 6. The Balaban J connectivity index is 1.50. The smallest absolute Gasteiger partial charge is 0.248 e. The molecule has 4 rings (SSSR count). The van der Waals surface area contributed by atoms with Gasteiger partial charge in [-0.2, -0.15) is 0 Å². The maximum Gasteiger partial charge on any atom is 0.248 e. The topological polar surface area (TPSA) is 107 Å². The summed E-state index contributed by atoms with van der Waals surface area (Å²) in [5.74, 6) is -0.204. The third-order valence-corrected chi connectivity index (χ3v) is 5.38. The molecule has 2 heterocycles. The van der Waals surface area contributed by atoms with Crippen molar-refractivity contribution in [2.75, 3.05) is 11.9 Å². The van der Waals surface area contributed by atoms with Crippen LogP contribution in [0.2, 0.25) is 5.02 Å². The minimum Gasteiger partial charge on any atom is -0.366 e. The largest absolute Gasteiger partial charge is 0.366 e. The minimum absolute atomic E-state index is 0.313. The molecule has 0 aliphatic heterocycles. The van der Waals surface area contributed by atoms with E-state index >= 15 is 0 Å². The normalized spacial score (nSPS) is 20.7. The molecule has 148 valence electrons. The highest BCUT2D eigenvalue weighted by atomic mass is 35.5. The molecule has 1 fully saturated rings. The number of primary amides is 1. The number of nitrogens with one attached hydrogen (secondary N) is 1. The van der Waals surface area contributed by atoms with E-state index < -0.39 is 17.5 Å². The number of anilines is 1. The van der Waals surface area contributed by atoms with E-state index in [1.807, 2.05) is 0 Å². The monoisotopic (exact) mass is 412 g/mol. The molecule has 1 aromatic carbocycles. The zero-order valence-electron chi connectivity index (χ0n) is 15.3. The number of aromatic nitrogens is 4. The van der Waals surface area contributed by atoms with Crippen molar-refractivity contribution in [2.24, 2.45) is 5.73 Å². The van der Waals surface area contributed by atoms with Crippen molar-refractivity contribution < 1.29 is 9.18 Å². The van der Waals surface area contributed by atoms with Gasteiger partial charge in [0, 0.05) is 29.3 Å². The van der Waals surface area contributed by atoms with Crippen LogP contribution >= 0.6 is 11.6 Å².